The Morgan fingerprint density at radius 1 is 1.33 bits per heavy atom. The van der Waals surface area contributed by atoms with Gasteiger partial charge in [0.25, 0.3) is 5.56 Å². The molecule has 1 aliphatic rings. The van der Waals surface area contributed by atoms with Crippen LogP contribution in [0.4, 0.5) is 0 Å². The fourth-order valence-electron chi connectivity index (χ4n) is 2.75. The van der Waals surface area contributed by atoms with Crippen LogP contribution in [0.3, 0.4) is 0 Å². The number of esters is 2. The van der Waals surface area contributed by atoms with Gasteiger partial charge >= 0.3 is 11.9 Å². The molecule has 0 unspecified atom stereocenters. The summed E-state index contributed by atoms with van der Waals surface area (Å²) in [4.78, 5) is 36.6. The molecule has 24 heavy (non-hydrogen) atoms. The smallest absolute Gasteiger partial charge is 0.360 e. The van der Waals surface area contributed by atoms with E-state index in [1.54, 1.807) is 31.2 Å². The normalized spacial score (nSPS) is 20.2. The second-order valence-corrected chi connectivity index (χ2v) is 5.80. The molecule has 0 radical (unpaired) electrons. The van der Waals surface area contributed by atoms with E-state index in [9.17, 15) is 14.4 Å². The Hall–Kier alpha value is -2.70. The number of aryl methyl sites for hydroxylation is 1. The molecule has 1 aromatic carbocycles. The molecule has 0 bridgehead atoms. The Kier molecular flexibility index (Phi) is 4.33. The van der Waals surface area contributed by atoms with Crippen LogP contribution in [0.25, 0.3) is 10.8 Å². The van der Waals surface area contributed by atoms with Crippen LogP contribution in [0.15, 0.2) is 29.1 Å². The number of nitrogens with zero attached hydrogens (tertiary/aromatic N) is 2. The first-order valence-electron chi connectivity index (χ1n) is 7.92. The molecule has 3 rings (SSSR count). The third-order valence-corrected chi connectivity index (χ3v) is 3.87. The number of ether oxygens (including phenoxy) is 2. The minimum absolute atomic E-state index is 0.0333. The van der Waals surface area contributed by atoms with Gasteiger partial charge in [0.15, 0.2) is 5.69 Å². The number of carbonyl (C=O) groups excluding carboxylic acids is 2. The van der Waals surface area contributed by atoms with E-state index < -0.39 is 18.0 Å². The first-order chi connectivity index (χ1) is 11.5. The van der Waals surface area contributed by atoms with Crippen molar-refractivity contribution in [1.82, 2.24) is 9.78 Å². The highest BCUT2D eigenvalue weighted by Crippen LogP contribution is 2.20. The van der Waals surface area contributed by atoms with Crippen LogP contribution in [-0.4, -0.2) is 33.9 Å². The van der Waals surface area contributed by atoms with Crippen molar-refractivity contribution in [3.8, 4) is 0 Å². The van der Waals surface area contributed by atoms with Crippen molar-refractivity contribution in [2.75, 3.05) is 0 Å². The number of benzene rings is 1. The molecule has 1 aliphatic heterocycles. The molecule has 1 saturated heterocycles. The van der Waals surface area contributed by atoms with Gasteiger partial charge in [-0.25, -0.2) is 14.3 Å². The fourth-order valence-corrected chi connectivity index (χ4v) is 2.75. The van der Waals surface area contributed by atoms with Gasteiger partial charge in [-0.2, -0.15) is 5.10 Å². The molecule has 2 heterocycles. The standard InChI is InChI=1S/C17H18N2O5/c1-3-8-19-15(20)12-7-5-4-6-11(12)14(18-19)17(22)24-13-9-10(2)23-16(13)21/h4-7,10,13H,3,8-9H2,1-2H3/t10-,13-/m1/s1. The zero-order chi connectivity index (χ0) is 17.3. The Balaban J connectivity index is 2.01. The lowest BCUT2D eigenvalue weighted by Gasteiger charge is -2.12. The van der Waals surface area contributed by atoms with Crippen molar-refractivity contribution in [2.45, 2.75) is 45.4 Å². The minimum atomic E-state index is -0.931. The average molecular weight is 330 g/mol. The SMILES string of the molecule is CCCn1nc(C(=O)O[C@@H]2C[C@@H](C)OC2=O)c2ccccc2c1=O. The summed E-state index contributed by atoms with van der Waals surface area (Å²) in [5.74, 6) is -1.28. The zero-order valence-corrected chi connectivity index (χ0v) is 13.5. The number of hydrogen-bond acceptors (Lipinski definition) is 6. The molecular weight excluding hydrogens is 312 g/mol. The van der Waals surface area contributed by atoms with Gasteiger partial charge in [0.1, 0.15) is 6.10 Å². The Morgan fingerprint density at radius 2 is 2.04 bits per heavy atom. The van der Waals surface area contributed by atoms with Gasteiger partial charge in [-0.1, -0.05) is 25.1 Å². The summed E-state index contributed by atoms with van der Waals surface area (Å²) in [6, 6.07) is 6.74. The Bertz CT molecular complexity index is 858. The largest absolute Gasteiger partial charge is 0.460 e. The third kappa shape index (κ3) is 2.89. The second-order valence-electron chi connectivity index (χ2n) is 5.80. The van der Waals surface area contributed by atoms with E-state index in [0.717, 1.165) is 0 Å². The predicted octanol–water partition coefficient (Wildman–Crippen LogP) is 1.67. The number of rotatable bonds is 4. The van der Waals surface area contributed by atoms with Crippen LogP contribution in [0.5, 0.6) is 0 Å². The van der Waals surface area contributed by atoms with Crippen molar-refractivity contribution in [2.24, 2.45) is 0 Å². The number of carbonyl (C=O) groups is 2. The van der Waals surface area contributed by atoms with Crippen LogP contribution in [0.1, 0.15) is 37.2 Å². The van der Waals surface area contributed by atoms with E-state index in [2.05, 4.69) is 5.10 Å². The highest BCUT2D eigenvalue weighted by Gasteiger charge is 2.36. The van der Waals surface area contributed by atoms with E-state index in [-0.39, 0.29) is 17.4 Å². The lowest BCUT2D eigenvalue weighted by molar-refractivity contribution is -0.147. The molecule has 1 fully saturated rings. The van der Waals surface area contributed by atoms with Crippen molar-refractivity contribution in [3.63, 3.8) is 0 Å². The van der Waals surface area contributed by atoms with E-state index in [1.807, 2.05) is 6.92 Å². The van der Waals surface area contributed by atoms with E-state index in [0.29, 0.717) is 30.2 Å². The summed E-state index contributed by atoms with van der Waals surface area (Å²) in [5.41, 5.74) is -0.219. The molecule has 126 valence electrons. The summed E-state index contributed by atoms with van der Waals surface area (Å²) < 4.78 is 11.5. The van der Waals surface area contributed by atoms with Crippen LogP contribution >= 0.6 is 0 Å². The lowest BCUT2D eigenvalue weighted by Crippen LogP contribution is -2.28. The van der Waals surface area contributed by atoms with Gasteiger partial charge < -0.3 is 9.47 Å². The first-order valence-corrected chi connectivity index (χ1v) is 7.92. The van der Waals surface area contributed by atoms with Crippen molar-refractivity contribution >= 4 is 22.7 Å². The van der Waals surface area contributed by atoms with Crippen molar-refractivity contribution in [3.05, 3.63) is 40.3 Å². The topological polar surface area (TPSA) is 87.5 Å². The summed E-state index contributed by atoms with van der Waals surface area (Å²) in [6.07, 6.45) is -0.197. The maximum atomic E-state index is 12.5. The van der Waals surface area contributed by atoms with Crippen LogP contribution in [0, 0.1) is 0 Å². The van der Waals surface area contributed by atoms with Crippen LogP contribution in [0.2, 0.25) is 0 Å². The molecule has 7 nitrogen and oxygen atoms in total. The number of hydrogen-bond donors (Lipinski definition) is 0. The average Bonchev–Trinajstić information content (AvgIpc) is 2.87. The minimum Gasteiger partial charge on any atom is -0.460 e. The summed E-state index contributed by atoms with van der Waals surface area (Å²) in [7, 11) is 0. The maximum absolute atomic E-state index is 12.5. The molecule has 1 aromatic heterocycles. The molecule has 0 spiro atoms. The highest BCUT2D eigenvalue weighted by atomic mass is 16.6. The Morgan fingerprint density at radius 3 is 2.67 bits per heavy atom. The molecule has 2 atom stereocenters. The number of fused-ring (bicyclic) bond motifs is 1. The van der Waals surface area contributed by atoms with Gasteiger partial charge in [0.2, 0.25) is 6.10 Å². The number of aromatic nitrogens is 2. The highest BCUT2D eigenvalue weighted by molar-refractivity contribution is 6.02. The first kappa shape index (κ1) is 16.2. The molecule has 0 N–H and O–H groups in total. The van der Waals surface area contributed by atoms with Gasteiger partial charge in [0, 0.05) is 18.4 Å². The molecule has 0 aliphatic carbocycles. The van der Waals surface area contributed by atoms with Gasteiger partial charge in [-0.3, -0.25) is 4.79 Å². The Labute approximate surface area is 138 Å². The summed E-state index contributed by atoms with van der Waals surface area (Å²) >= 11 is 0. The predicted molar refractivity (Wildman–Crippen MR) is 85.7 cm³/mol. The van der Waals surface area contributed by atoms with E-state index in [1.165, 1.54) is 4.68 Å². The van der Waals surface area contributed by atoms with Crippen molar-refractivity contribution in [1.29, 1.82) is 0 Å². The second kappa shape index (κ2) is 6.43. The lowest BCUT2D eigenvalue weighted by atomic mass is 10.1. The summed E-state index contributed by atoms with van der Waals surface area (Å²) in [5, 5.41) is 4.97. The molecule has 0 amide bonds. The fraction of sp³-hybridized carbons (Fsp3) is 0.412. The molecular formula is C17H18N2O5. The van der Waals surface area contributed by atoms with Gasteiger partial charge in [-0.05, 0) is 19.4 Å². The van der Waals surface area contributed by atoms with E-state index in [4.69, 9.17) is 9.47 Å². The van der Waals surface area contributed by atoms with Crippen molar-refractivity contribution < 1.29 is 19.1 Å². The molecule has 0 saturated carbocycles. The maximum Gasteiger partial charge on any atom is 0.360 e. The molecule has 2 aromatic rings. The number of cyclic esters (lactones) is 1. The quantitative estimate of drug-likeness (QED) is 0.793. The zero-order valence-electron chi connectivity index (χ0n) is 13.5. The third-order valence-electron chi connectivity index (χ3n) is 3.87. The summed E-state index contributed by atoms with van der Waals surface area (Å²) in [6.45, 7) is 4.05. The monoisotopic (exact) mass is 330 g/mol. The van der Waals surface area contributed by atoms with Gasteiger partial charge in [0.05, 0.1) is 5.39 Å². The van der Waals surface area contributed by atoms with Crippen LogP contribution < -0.4 is 5.56 Å². The molecule has 7 heteroatoms. The van der Waals surface area contributed by atoms with Crippen LogP contribution in [-0.2, 0) is 20.8 Å². The van der Waals surface area contributed by atoms with E-state index >= 15 is 0 Å². The van der Waals surface area contributed by atoms with Gasteiger partial charge in [-0.15, -0.1) is 0 Å².